The molecule has 3 aromatic rings. The molecule has 1 aliphatic rings. The molecule has 0 unspecified atom stereocenters. The number of aldehydes is 1. The molecule has 0 spiro atoms. The number of imidazole rings is 1. The van der Waals surface area contributed by atoms with Crippen LogP contribution in [0.15, 0.2) is 42.6 Å². The van der Waals surface area contributed by atoms with Crippen LogP contribution in [0.2, 0.25) is 0 Å². The van der Waals surface area contributed by atoms with Crippen LogP contribution in [-0.4, -0.2) is 34.9 Å². The van der Waals surface area contributed by atoms with E-state index in [1.165, 1.54) is 24.8 Å². The van der Waals surface area contributed by atoms with Crippen LogP contribution in [0.25, 0.3) is 16.8 Å². The van der Waals surface area contributed by atoms with E-state index in [0.717, 1.165) is 31.1 Å². The maximum absolute atomic E-state index is 11.2. The van der Waals surface area contributed by atoms with Gasteiger partial charge in [-0.25, -0.2) is 4.98 Å². The molecule has 0 bridgehead atoms. The van der Waals surface area contributed by atoms with Crippen molar-refractivity contribution in [2.45, 2.75) is 25.8 Å². The van der Waals surface area contributed by atoms with E-state index in [2.05, 4.69) is 22.4 Å². The van der Waals surface area contributed by atoms with Gasteiger partial charge in [0, 0.05) is 19.9 Å². The number of anilines is 1. The second-order valence-electron chi connectivity index (χ2n) is 5.89. The zero-order valence-corrected chi connectivity index (χ0v) is 15.3. The van der Waals surface area contributed by atoms with E-state index >= 15 is 0 Å². The fourth-order valence-electron chi connectivity index (χ4n) is 2.50. The van der Waals surface area contributed by atoms with Gasteiger partial charge < -0.3 is 16.2 Å². The van der Waals surface area contributed by atoms with Gasteiger partial charge >= 0.3 is 0 Å². The Kier molecular flexibility index (Phi) is 7.32. The number of carbonyl (C=O) groups is 1. The highest BCUT2D eigenvalue weighted by atomic mass is 16.2. The Morgan fingerprint density at radius 2 is 1.88 bits per heavy atom. The Hall–Kier alpha value is -2.70. The lowest BCUT2D eigenvalue weighted by atomic mass is 10.0. The predicted molar refractivity (Wildman–Crippen MR) is 105 cm³/mol. The Balaban J connectivity index is 0.000000429. The number of rotatable bonds is 4. The number of aliphatic hydroxyl groups excluding tert-OH is 1. The zero-order valence-electron chi connectivity index (χ0n) is 15.3. The van der Waals surface area contributed by atoms with E-state index < -0.39 is 0 Å². The van der Waals surface area contributed by atoms with Crippen LogP contribution in [0, 0.1) is 0 Å². The number of benzene rings is 1. The third-order valence-electron chi connectivity index (χ3n) is 3.84. The summed E-state index contributed by atoms with van der Waals surface area (Å²) in [5.41, 5.74) is 10.2. The van der Waals surface area contributed by atoms with Crippen molar-refractivity contribution >= 4 is 17.8 Å². The lowest BCUT2D eigenvalue weighted by Crippen LogP contribution is -2.06. The number of aliphatic hydroxyl groups is 1. The molecule has 0 atom stereocenters. The SMILES string of the molecule is C1CC1.CNCc1ccccc1-c1ccc2nc(N)c(C=O)n2c1.CO. The van der Waals surface area contributed by atoms with Crippen molar-refractivity contribution in [2.75, 3.05) is 19.9 Å². The molecule has 1 fully saturated rings. The van der Waals surface area contributed by atoms with Crippen molar-refractivity contribution in [3.05, 3.63) is 53.9 Å². The summed E-state index contributed by atoms with van der Waals surface area (Å²) in [7, 11) is 2.92. The minimum Gasteiger partial charge on any atom is -0.400 e. The first-order valence-electron chi connectivity index (χ1n) is 8.65. The number of nitrogen functional groups attached to an aromatic ring is 1. The van der Waals surface area contributed by atoms with Gasteiger partial charge in [0.15, 0.2) is 12.1 Å². The van der Waals surface area contributed by atoms with Crippen LogP contribution in [0.1, 0.15) is 35.3 Å². The van der Waals surface area contributed by atoms with E-state index in [1.807, 2.05) is 37.5 Å². The monoisotopic (exact) mass is 354 g/mol. The van der Waals surface area contributed by atoms with Crippen LogP contribution in [0.4, 0.5) is 5.82 Å². The molecule has 1 saturated carbocycles. The largest absolute Gasteiger partial charge is 0.400 e. The number of pyridine rings is 1. The molecular formula is C20H26N4O2. The maximum Gasteiger partial charge on any atom is 0.170 e. The van der Waals surface area contributed by atoms with Gasteiger partial charge in [-0.1, -0.05) is 43.5 Å². The average Bonchev–Trinajstić information content (AvgIpc) is 3.52. The zero-order chi connectivity index (χ0) is 18.9. The van der Waals surface area contributed by atoms with Gasteiger partial charge in [0.05, 0.1) is 0 Å². The number of hydrogen-bond acceptors (Lipinski definition) is 5. The summed E-state index contributed by atoms with van der Waals surface area (Å²) in [6.07, 6.45) is 7.13. The number of aromatic nitrogens is 2. The summed E-state index contributed by atoms with van der Waals surface area (Å²) < 4.78 is 1.73. The lowest BCUT2D eigenvalue weighted by molar-refractivity contribution is 0.111. The number of fused-ring (bicyclic) bond motifs is 1. The number of nitrogens with zero attached hydrogens (tertiary/aromatic N) is 2. The molecule has 0 aliphatic heterocycles. The minimum absolute atomic E-state index is 0.255. The maximum atomic E-state index is 11.2. The molecule has 1 aliphatic carbocycles. The van der Waals surface area contributed by atoms with Crippen molar-refractivity contribution in [1.29, 1.82) is 0 Å². The quantitative estimate of drug-likeness (QED) is 0.627. The van der Waals surface area contributed by atoms with E-state index in [1.54, 1.807) is 4.40 Å². The van der Waals surface area contributed by atoms with Gasteiger partial charge in [-0.05, 0) is 35.9 Å². The molecule has 4 N–H and O–H groups in total. The minimum atomic E-state index is 0.255. The number of hydrogen-bond donors (Lipinski definition) is 3. The Morgan fingerprint density at radius 3 is 2.50 bits per heavy atom. The van der Waals surface area contributed by atoms with Crippen LogP contribution in [0.5, 0.6) is 0 Å². The van der Waals surface area contributed by atoms with Crippen LogP contribution >= 0.6 is 0 Å². The summed E-state index contributed by atoms with van der Waals surface area (Å²) in [5, 5.41) is 10.2. The smallest absolute Gasteiger partial charge is 0.170 e. The fraction of sp³-hybridized carbons (Fsp3) is 0.300. The van der Waals surface area contributed by atoms with Gasteiger partial charge in [-0.15, -0.1) is 0 Å². The summed E-state index contributed by atoms with van der Waals surface area (Å²) in [6.45, 7) is 0.779. The van der Waals surface area contributed by atoms with Gasteiger partial charge in [0.2, 0.25) is 0 Å². The van der Waals surface area contributed by atoms with Gasteiger partial charge in [0.25, 0.3) is 0 Å². The second kappa shape index (κ2) is 9.70. The standard InChI is InChI=1S/C16H16N4O.C3H6.CH4O/c1-18-8-11-4-2-3-5-13(11)12-6-7-15-19-16(17)14(10-21)20(15)9-12;1-2-3-1;1-2/h2-7,9-10,18H,8,17H2,1H3;1-3H2;2H,1H3. The van der Waals surface area contributed by atoms with Crippen molar-refractivity contribution < 1.29 is 9.90 Å². The summed E-state index contributed by atoms with van der Waals surface area (Å²) >= 11 is 0. The van der Waals surface area contributed by atoms with Crippen molar-refractivity contribution in [2.24, 2.45) is 0 Å². The van der Waals surface area contributed by atoms with Gasteiger partial charge in [-0.2, -0.15) is 0 Å². The van der Waals surface area contributed by atoms with Crippen LogP contribution in [-0.2, 0) is 6.54 Å². The Morgan fingerprint density at radius 1 is 1.19 bits per heavy atom. The molecule has 26 heavy (non-hydrogen) atoms. The second-order valence-corrected chi connectivity index (χ2v) is 5.89. The Bertz CT molecular complexity index is 853. The van der Waals surface area contributed by atoms with E-state index in [9.17, 15) is 4.79 Å². The summed E-state index contributed by atoms with van der Waals surface area (Å²) in [6, 6.07) is 12.0. The molecule has 0 amide bonds. The summed E-state index contributed by atoms with van der Waals surface area (Å²) in [4.78, 5) is 15.3. The Labute approximate surface area is 153 Å². The normalized spacial score (nSPS) is 11.8. The summed E-state index contributed by atoms with van der Waals surface area (Å²) in [5.74, 6) is 0.255. The van der Waals surface area contributed by atoms with E-state index in [-0.39, 0.29) is 5.82 Å². The topological polar surface area (TPSA) is 92.6 Å². The number of nitrogens with two attached hydrogens (primary N) is 1. The highest BCUT2D eigenvalue weighted by Crippen LogP contribution is 2.25. The number of nitrogens with one attached hydrogen (secondary N) is 1. The third-order valence-corrected chi connectivity index (χ3v) is 3.84. The molecule has 6 heteroatoms. The lowest BCUT2D eigenvalue weighted by Gasteiger charge is -2.10. The fourth-order valence-corrected chi connectivity index (χ4v) is 2.50. The van der Waals surface area contributed by atoms with E-state index in [0.29, 0.717) is 11.3 Å². The number of carbonyl (C=O) groups excluding carboxylic acids is 1. The third kappa shape index (κ3) is 4.68. The molecule has 2 heterocycles. The molecule has 4 rings (SSSR count). The van der Waals surface area contributed by atoms with Gasteiger partial charge in [0.1, 0.15) is 11.3 Å². The van der Waals surface area contributed by atoms with Crippen molar-refractivity contribution in [3.8, 4) is 11.1 Å². The first-order chi connectivity index (χ1) is 12.7. The van der Waals surface area contributed by atoms with Crippen LogP contribution < -0.4 is 11.1 Å². The molecule has 2 aromatic heterocycles. The molecule has 1 aromatic carbocycles. The molecule has 0 radical (unpaired) electrons. The average molecular weight is 354 g/mol. The van der Waals surface area contributed by atoms with Crippen LogP contribution in [0.3, 0.4) is 0 Å². The molecule has 6 nitrogen and oxygen atoms in total. The molecule has 0 saturated heterocycles. The molecular weight excluding hydrogens is 328 g/mol. The highest BCUT2D eigenvalue weighted by molar-refractivity contribution is 5.82. The van der Waals surface area contributed by atoms with Gasteiger partial charge in [-0.3, -0.25) is 9.20 Å². The van der Waals surface area contributed by atoms with Crippen molar-refractivity contribution in [3.63, 3.8) is 0 Å². The predicted octanol–water partition coefficient (Wildman–Crippen LogP) is 2.89. The first kappa shape index (κ1) is 19.6. The van der Waals surface area contributed by atoms with Crippen molar-refractivity contribution in [1.82, 2.24) is 14.7 Å². The highest BCUT2D eigenvalue weighted by Gasteiger charge is 2.10. The molecule has 138 valence electrons. The van der Waals surface area contributed by atoms with E-state index in [4.69, 9.17) is 10.8 Å². The first-order valence-corrected chi connectivity index (χ1v) is 8.65.